The maximum Gasteiger partial charge on any atom is 0.0379 e. The lowest BCUT2D eigenvalue weighted by Crippen LogP contribution is -1.97. The van der Waals surface area contributed by atoms with Crippen molar-refractivity contribution < 1.29 is 0 Å². The maximum atomic E-state index is 7.34. The van der Waals surface area contributed by atoms with Gasteiger partial charge in [0.25, 0.3) is 0 Å². The summed E-state index contributed by atoms with van der Waals surface area (Å²) in [5.41, 5.74) is 4.55. The molecule has 1 aromatic rings. The summed E-state index contributed by atoms with van der Waals surface area (Å²) in [5, 5.41) is 13.6. The van der Waals surface area contributed by atoms with Crippen LogP contribution in [0.5, 0.6) is 0 Å². The molecule has 0 spiro atoms. The van der Waals surface area contributed by atoms with E-state index in [1.165, 1.54) is 17.5 Å². The van der Waals surface area contributed by atoms with E-state index in [4.69, 9.17) is 5.41 Å². The highest BCUT2D eigenvalue weighted by molar-refractivity contribution is 6.08. The zero-order chi connectivity index (χ0) is 10.7. The summed E-state index contributed by atoms with van der Waals surface area (Å²) in [5.74, 6) is 0. The van der Waals surface area contributed by atoms with E-state index in [0.29, 0.717) is 0 Å². The summed E-state index contributed by atoms with van der Waals surface area (Å²) >= 11 is 0. The molecule has 1 aliphatic rings. The first-order chi connectivity index (χ1) is 7.35. The molecule has 0 saturated heterocycles. The molecule has 78 valence electrons. The number of hydrogen-bond acceptors (Lipinski definition) is 3. The minimum atomic E-state index is 0.897. The van der Waals surface area contributed by atoms with Crippen LogP contribution in [0.25, 0.3) is 5.57 Å². The van der Waals surface area contributed by atoms with Crippen molar-refractivity contribution in [2.75, 3.05) is 18.9 Å². The Morgan fingerprint density at radius 3 is 3.13 bits per heavy atom. The third kappa shape index (κ3) is 1.86. The molecule has 0 aromatic heterocycles. The topological polar surface area (TPSA) is 47.9 Å². The molecule has 0 atom stereocenters. The van der Waals surface area contributed by atoms with Crippen LogP contribution >= 0.6 is 0 Å². The van der Waals surface area contributed by atoms with Crippen molar-refractivity contribution in [3.63, 3.8) is 0 Å². The van der Waals surface area contributed by atoms with Gasteiger partial charge in [-0.3, -0.25) is 0 Å². The summed E-state index contributed by atoms with van der Waals surface area (Å²) in [6.45, 7) is 1.02. The predicted molar refractivity (Wildman–Crippen MR) is 64.5 cm³/mol. The minimum absolute atomic E-state index is 0.897. The lowest BCUT2D eigenvalue weighted by molar-refractivity contribution is 1.10. The lowest BCUT2D eigenvalue weighted by Gasteiger charge is -2.05. The summed E-state index contributed by atoms with van der Waals surface area (Å²) < 4.78 is 0. The highest BCUT2D eigenvalue weighted by Gasteiger charge is 2.10. The number of nitrogens with one attached hydrogen (secondary N) is 3. The Hall–Kier alpha value is -1.77. The first-order valence-electron chi connectivity index (χ1n) is 5.10. The molecule has 0 radical (unpaired) electrons. The number of anilines is 1. The average molecular weight is 201 g/mol. The number of fused-ring (bicyclic) bond motifs is 1. The van der Waals surface area contributed by atoms with Gasteiger partial charge in [-0.25, -0.2) is 0 Å². The quantitative estimate of drug-likeness (QED) is 0.654. The number of benzene rings is 1. The number of allylic oxidation sites excluding steroid dienone is 1. The fourth-order valence-electron chi connectivity index (χ4n) is 1.83. The van der Waals surface area contributed by atoms with Crippen LogP contribution in [0.1, 0.15) is 11.1 Å². The van der Waals surface area contributed by atoms with Crippen molar-refractivity contribution in [2.45, 2.75) is 6.42 Å². The van der Waals surface area contributed by atoms with Crippen molar-refractivity contribution in [3.8, 4) is 0 Å². The van der Waals surface area contributed by atoms with E-state index in [1.807, 2.05) is 13.2 Å². The van der Waals surface area contributed by atoms with Crippen molar-refractivity contribution >= 4 is 17.5 Å². The van der Waals surface area contributed by atoms with Crippen LogP contribution < -0.4 is 10.6 Å². The van der Waals surface area contributed by atoms with Gasteiger partial charge in [-0.2, -0.15) is 0 Å². The normalized spacial score (nSPS) is 14.3. The van der Waals surface area contributed by atoms with Crippen LogP contribution in [0, 0.1) is 5.41 Å². The monoisotopic (exact) mass is 201 g/mol. The van der Waals surface area contributed by atoms with Crippen molar-refractivity contribution in [1.82, 2.24) is 5.32 Å². The second-order valence-corrected chi connectivity index (χ2v) is 3.58. The van der Waals surface area contributed by atoms with E-state index in [0.717, 1.165) is 24.1 Å². The van der Waals surface area contributed by atoms with E-state index >= 15 is 0 Å². The van der Waals surface area contributed by atoms with Gasteiger partial charge in [0.15, 0.2) is 0 Å². The Morgan fingerprint density at radius 1 is 1.53 bits per heavy atom. The highest BCUT2D eigenvalue weighted by atomic mass is 14.9. The SMILES string of the molecule is CN/C=C(\C=N)c1ccc2c(c1)NCC2. The molecule has 3 nitrogen and oxygen atoms in total. The Kier molecular flexibility index (Phi) is 2.72. The third-order valence-electron chi connectivity index (χ3n) is 2.61. The zero-order valence-electron chi connectivity index (χ0n) is 8.80. The molecule has 1 heterocycles. The lowest BCUT2D eigenvalue weighted by atomic mass is 10.0. The van der Waals surface area contributed by atoms with Crippen LogP contribution in [0.4, 0.5) is 5.69 Å². The molecular formula is C12H15N3. The zero-order valence-corrected chi connectivity index (χ0v) is 8.80. The van der Waals surface area contributed by atoms with Crippen LogP contribution in [0.15, 0.2) is 24.4 Å². The van der Waals surface area contributed by atoms with Gasteiger partial charge in [-0.1, -0.05) is 12.1 Å². The van der Waals surface area contributed by atoms with Gasteiger partial charge in [0.2, 0.25) is 0 Å². The first-order valence-corrected chi connectivity index (χ1v) is 5.10. The Morgan fingerprint density at radius 2 is 2.40 bits per heavy atom. The number of hydrogen-bond donors (Lipinski definition) is 3. The molecule has 0 saturated carbocycles. The molecule has 0 unspecified atom stereocenters. The van der Waals surface area contributed by atoms with Gasteiger partial charge >= 0.3 is 0 Å². The molecule has 3 N–H and O–H groups in total. The van der Waals surface area contributed by atoms with E-state index in [9.17, 15) is 0 Å². The van der Waals surface area contributed by atoms with E-state index < -0.39 is 0 Å². The fourth-order valence-corrected chi connectivity index (χ4v) is 1.83. The molecular weight excluding hydrogens is 186 g/mol. The van der Waals surface area contributed by atoms with Gasteiger partial charge in [0, 0.05) is 37.3 Å². The largest absolute Gasteiger partial charge is 0.393 e. The highest BCUT2D eigenvalue weighted by Crippen LogP contribution is 2.25. The summed E-state index contributed by atoms with van der Waals surface area (Å²) in [4.78, 5) is 0. The smallest absolute Gasteiger partial charge is 0.0379 e. The van der Waals surface area contributed by atoms with Crippen molar-refractivity contribution in [1.29, 1.82) is 5.41 Å². The van der Waals surface area contributed by atoms with Crippen LogP contribution in [-0.4, -0.2) is 19.8 Å². The molecule has 1 aromatic carbocycles. The van der Waals surface area contributed by atoms with E-state index in [-0.39, 0.29) is 0 Å². The average Bonchev–Trinajstić information content (AvgIpc) is 2.72. The van der Waals surface area contributed by atoms with E-state index in [2.05, 4.69) is 28.8 Å². The van der Waals surface area contributed by atoms with Crippen molar-refractivity contribution in [3.05, 3.63) is 35.5 Å². The maximum absolute atomic E-state index is 7.34. The third-order valence-corrected chi connectivity index (χ3v) is 2.61. The van der Waals surface area contributed by atoms with Gasteiger partial charge in [0.05, 0.1) is 0 Å². The van der Waals surface area contributed by atoms with Crippen LogP contribution in [0.3, 0.4) is 0 Å². The Labute approximate surface area is 89.7 Å². The Balaban J connectivity index is 2.37. The molecule has 0 fully saturated rings. The summed E-state index contributed by atoms with van der Waals surface area (Å²) in [6.07, 6.45) is 4.31. The predicted octanol–water partition coefficient (Wildman–Crippen LogP) is 1.86. The standard InChI is InChI=1S/C12H15N3/c1-14-8-11(7-13)10-3-2-9-4-5-15-12(9)6-10/h2-3,6-8,13-15H,4-5H2,1H3/b11-8+,13-7?. The first kappa shape index (κ1) is 9.77. The van der Waals surface area contributed by atoms with Crippen LogP contribution in [0.2, 0.25) is 0 Å². The minimum Gasteiger partial charge on any atom is -0.393 e. The van der Waals surface area contributed by atoms with Gasteiger partial charge in [-0.05, 0) is 23.6 Å². The molecule has 0 amide bonds. The van der Waals surface area contributed by atoms with Crippen LogP contribution in [-0.2, 0) is 6.42 Å². The summed E-state index contributed by atoms with van der Waals surface area (Å²) in [7, 11) is 1.84. The van der Waals surface area contributed by atoms with Gasteiger partial charge in [-0.15, -0.1) is 0 Å². The molecule has 2 rings (SSSR count). The summed E-state index contributed by atoms with van der Waals surface area (Å²) in [6, 6.07) is 6.31. The molecule has 15 heavy (non-hydrogen) atoms. The second-order valence-electron chi connectivity index (χ2n) is 3.58. The molecule has 1 aliphatic heterocycles. The molecule has 0 bridgehead atoms. The second kappa shape index (κ2) is 4.17. The number of rotatable bonds is 3. The van der Waals surface area contributed by atoms with Crippen molar-refractivity contribution in [2.24, 2.45) is 0 Å². The van der Waals surface area contributed by atoms with E-state index in [1.54, 1.807) is 0 Å². The fraction of sp³-hybridized carbons (Fsp3) is 0.250. The van der Waals surface area contributed by atoms with Gasteiger partial charge in [0.1, 0.15) is 0 Å². The molecule has 3 heteroatoms. The molecule has 0 aliphatic carbocycles. The van der Waals surface area contributed by atoms with Gasteiger partial charge < -0.3 is 16.0 Å². The Bertz CT molecular complexity index is 407.